The Morgan fingerprint density at radius 1 is 1.18 bits per heavy atom. The average molecular weight is 246 g/mol. The van der Waals surface area contributed by atoms with Crippen LogP contribution in [0.3, 0.4) is 0 Å². The molecule has 0 aliphatic carbocycles. The molecule has 2 nitrogen and oxygen atoms in total. The van der Waals surface area contributed by atoms with Crippen molar-refractivity contribution < 1.29 is 5.11 Å². The third kappa shape index (κ3) is 2.86. The first kappa shape index (κ1) is 11.7. The lowest BCUT2D eigenvalue weighted by Crippen LogP contribution is -1.82. The van der Waals surface area contributed by atoms with E-state index < -0.39 is 0 Å². The third-order valence-electron chi connectivity index (χ3n) is 2.45. The fourth-order valence-electron chi connectivity index (χ4n) is 1.46. The molecular formula is C14H12ClNO. The first-order valence-electron chi connectivity index (χ1n) is 5.25. The van der Waals surface area contributed by atoms with Crippen LogP contribution in [0.25, 0.3) is 0 Å². The van der Waals surface area contributed by atoms with E-state index >= 15 is 0 Å². The Labute approximate surface area is 105 Å². The van der Waals surface area contributed by atoms with Gasteiger partial charge in [-0.1, -0.05) is 29.8 Å². The molecule has 1 N–H and O–H groups in total. The first-order valence-corrected chi connectivity index (χ1v) is 5.63. The van der Waals surface area contributed by atoms with Gasteiger partial charge in [0.2, 0.25) is 0 Å². The van der Waals surface area contributed by atoms with E-state index in [1.807, 2.05) is 25.1 Å². The highest BCUT2D eigenvalue weighted by Gasteiger charge is 1.98. The Morgan fingerprint density at radius 2 is 1.94 bits per heavy atom. The zero-order chi connectivity index (χ0) is 12.3. The van der Waals surface area contributed by atoms with E-state index in [-0.39, 0.29) is 5.75 Å². The molecule has 2 aromatic rings. The van der Waals surface area contributed by atoms with Gasteiger partial charge in [0.1, 0.15) is 5.75 Å². The lowest BCUT2D eigenvalue weighted by molar-refractivity contribution is 0.474. The number of phenolic OH excluding ortho intramolecular Hbond substituents is 1. The number of nitrogens with zero attached hydrogens (tertiary/aromatic N) is 1. The number of aromatic hydroxyl groups is 1. The van der Waals surface area contributed by atoms with Crippen molar-refractivity contribution in [1.29, 1.82) is 0 Å². The molecule has 17 heavy (non-hydrogen) atoms. The van der Waals surface area contributed by atoms with Gasteiger partial charge in [-0.3, -0.25) is 4.99 Å². The van der Waals surface area contributed by atoms with Crippen molar-refractivity contribution in [1.82, 2.24) is 0 Å². The summed E-state index contributed by atoms with van der Waals surface area (Å²) >= 11 is 5.91. The first-order chi connectivity index (χ1) is 8.16. The van der Waals surface area contributed by atoms with Crippen molar-refractivity contribution in [3.8, 4) is 5.75 Å². The number of hydrogen-bond acceptors (Lipinski definition) is 2. The molecule has 0 amide bonds. The standard InChI is InChI=1S/C14H12ClNO/c1-10-6-7-12(15)8-13(10)16-9-11-4-2-3-5-14(11)17/h2-9,17H,1H3/b16-9+. The zero-order valence-electron chi connectivity index (χ0n) is 9.39. The minimum atomic E-state index is 0.218. The van der Waals surface area contributed by atoms with Crippen LogP contribution in [0, 0.1) is 6.92 Å². The van der Waals surface area contributed by atoms with E-state index in [4.69, 9.17) is 11.6 Å². The van der Waals surface area contributed by atoms with E-state index in [1.165, 1.54) is 0 Å². The molecule has 0 spiro atoms. The molecule has 2 rings (SSSR count). The van der Waals surface area contributed by atoms with Gasteiger partial charge in [0.05, 0.1) is 5.69 Å². The molecule has 0 aliphatic rings. The molecule has 0 aromatic heterocycles. The van der Waals surface area contributed by atoms with E-state index in [0.29, 0.717) is 10.6 Å². The molecule has 0 saturated carbocycles. The molecule has 0 fully saturated rings. The van der Waals surface area contributed by atoms with Crippen molar-refractivity contribution in [2.75, 3.05) is 0 Å². The fourth-order valence-corrected chi connectivity index (χ4v) is 1.62. The topological polar surface area (TPSA) is 32.6 Å². The molecule has 0 radical (unpaired) electrons. The monoisotopic (exact) mass is 245 g/mol. The Balaban J connectivity index is 2.32. The van der Waals surface area contributed by atoms with Gasteiger partial charge in [0.15, 0.2) is 0 Å². The Hall–Kier alpha value is -1.80. The molecule has 0 atom stereocenters. The maximum Gasteiger partial charge on any atom is 0.124 e. The molecule has 2 aromatic carbocycles. The highest BCUT2D eigenvalue weighted by Crippen LogP contribution is 2.23. The van der Waals surface area contributed by atoms with E-state index in [1.54, 1.807) is 30.5 Å². The Bertz CT molecular complexity index is 564. The van der Waals surface area contributed by atoms with Crippen LogP contribution in [-0.4, -0.2) is 11.3 Å². The second kappa shape index (κ2) is 5.02. The molecule has 0 unspecified atom stereocenters. The maximum atomic E-state index is 9.60. The summed E-state index contributed by atoms with van der Waals surface area (Å²) in [6.07, 6.45) is 1.63. The van der Waals surface area contributed by atoms with Crippen molar-refractivity contribution in [2.24, 2.45) is 4.99 Å². The highest BCUT2D eigenvalue weighted by molar-refractivity contribution is 6.30. The van der Waals surface area contributed by atoms with Crippen LogP contribution in [0.5, 0.6) is 5.75 Å². The number of aliphatic imine (C=N–C) groups is 1. The number of rotatable bonds is 2. The van der Waals surface area contributed by atoms with Crippen LogP contribution >= 0.6 is 11.6 Å². The van der Waals surface area contributed by atoms with E-state index in [2.05, 4.69) is 4.99 Å². The lowest BCUT2D eigenvalue weighted by atomic mass is 10.2. The summed E-state index contributed by atoms with van der Waals surface area (Å²) in [5.74, 6) is 0.218. The van der Waals surface area contributed by atoms with Crippen LogP contribution in [0.2, 0.25) is 5.02 Å². The van der Waals surface area contributed by atoms with Gasteiger partial charge in [-0.2, -0.15) is 0 Å². The summed E-state index contributed by atoms with van der Waals surface area (Å²) in [6, 6.07) is 12.6. The van der Waals surface area contributed by atoms with Gasteiger partial charge >= 0.3 is 0 Å². The number of aryl methyl sites for hydroxylation is 1. The van der Waals surface area contributed by atoms with Crippen LogP contribution in [0.1, 0.15) is 11.1 Å². The van der Waals surface area contributed by atoms with Crippen molar-refractivity contribution >= 4 is 23.5 Å². The summed E-state index contributed by atoms with van der Waals surface area (Å²) in [7, 11) is 0. The average Bonchev–Trinajstić information content (AvgIpc) is 2.32. The summed E-state index contributed by atoms with van der Waals surface area (Å²) < 4.78 is 0. The summed E-state index contributed by atoms with van der Waals surface area (Å²) in [5.41, 5.74) is 2.54. The fraction of sp³-hybridized carbons (Fsp3) is 0.0714. The van der Waals surface area contributed by atoms with Crippen LogP contribution in [0.4, 0.5) is 5.69 Å². The predicted molar refractivity (Wildman–Crippen MR) is 71.5 cm³/mol. The second-order valence-electron chi connectivity index (χ2n) is 3.75. The number of para-hydroxylation sites is 1. The number of halogens is 1. The minimum Gasteiger partial charge on any atom is -0.507 e. The van der Waals surface area contributed by atoms with Gasteiger partial charge in [-0.25, -0.2) is 0 Å². The normalized spacial score (nSPS) is 10.9. The molecule has 0 aliphatic heterocycles. The quantitative estimate of drug-likeness (QED) is 0.794. The van der Waals surface area contributed by atoms with Crippen LogP contribution in [-0.2, 0) is 0 Å². The smallest absolute Gasteiger partial charge is 0.124 e. The maximum absolute atomic E-state index is 9.60. The predicted octanol–water partition coefficient (Wildman–Crippen LogP) is 4.10. The van der Waals surface area contributed by atoms with Crippen LogP contribution < -0.4 is 0 Å². The van der Waals surface area contributed by atoms with Crippen molar-refractivity contribution in [3.05, 3.63) is 58.6 Å². The number of hydrogen-bond donors (Lipinski definition) is 1. The third-order valence-corrected chi connectivity index (χ3v) is 2.69. The summed E-state index contributed by atoms with van der Waals surface area (Å²) in [6.45, 7) is 1.97. The molecule has 3 heteroatoms. The number of phenols is 1. The molecule has 86 valence electrons. The largest absolute Gasteiger partial charge is 0.507 e. The van der Waals surface area contributed by atoms with Gasteiger partial charge < -0.3 is 5.11 Å². The molecule has 0 saturated heterocycles. The van der Waals surface area contributed by atoms with E-state index in [9.17, 15) is 5.11 Å². The van der Waals surface area contributed by atoms with Gasteiger partial charge in [0.25, 0.3) is 0 Å². The molecular weight excluding hydrogens is 234 g/mol. The highest BCUT2D eigenvalue weighted by atomic mass is 35.5. The second-order valence-corrected chi connectivity index (χ2v) is 4.18. The zero-order valence-corrected chi connectivity index (χ0v) is 10.1. The summed E-state index contributed by atoms with van der Waals surface area (Å²) in [5, 5.41) is 10.2. The van der Waals surface area contributed by atoms with Gasteiger partial charge in [-0.15, -0.1) is 0 Å². The lowest BCUT2D eigenvalue weighted by Gasteiger charge is -2.01. The SMILES string of the molecule is Cc1ccc(Cl)cc1/N=C/c1ccccc1O. The summed E-state index contributed by atoms with van der Waals surface area (Å²) in [4.78, 5) is 4.33. The number of benzene rings is 2. The minimum absolute atomic E-state index is 0.218. The molecule has 0 bridgehead atoms. The van der Waals surface area contributed by atoms with Crippen molar-refractivity contribution in [2.45, 2.75) is 6.92 Å². The Kier molecular flexibility index (Phi) is 3.45. The van der Waals surface area contributed by atoms with Crippen molar-refractivity contribution in [3.63, 3.8) is 0 Å². The van der Waals surface area contributed by atoms with E-state index in [0.717, 1.165) is 11.3 Å². The van der Waals surface area contributed by atoms with Gasteiger partial charge in [0, 0.05) is 16.8 Å². The van der Waals surface area contributed by atoms with Gasteiger partial charge in [-0.05, 0) is 36.8 Å². The molecule has 0 heterocycles. The van der Waals surface area contributed by atoms with Crippen LogP contribution in [0.15, 0.2) is 47.5 Å². The Morgan fingerprint density at radius 3 is 2.71 bits per heavy atom.